The molecule has 1 aliphatic rings. The monoisotopic (exact) mass is 665 g/mol. The van der Waals surface area contributed by atoms with Crippen molar-refractivity contribution in [1.29, 1.82) is 0 Å². The fourth-order valence-corrected chi connectivity index (χ4v) is 4.55. The van der Waals surface area contributed by atoms with Crippen LogP contribution in [0.1, 0.15) is 39.1 Å². The molecular formula is C30H39N3O10S2. The van der Waals surface area contributed by atoms with Crippen LogP contribution in [0.4, 0.5) is 5.69 Å². The van der Waals surface area contributed by atoms with Crippen LogP contribution in [0.2, 0.25) is 0 Å². The molecule has 5 N–H and O–H groups in total. The number of nitrogens with zero attached hydrogens (tertiary/aromatic N) is 2. The van der Waals surface area contributed by atoms with Gasteiger partial charge in [0, 0.05) is 12.6 Å². The maximum Gasteiger partial charge on any atom is 0.337 e. The van der Waals surface area contributed by atoms with Crippen molar-refractivity contribution in [3.8, 4) is 16.9 Å². The van der Waals surface area contributed by atoms with E-state index in [-0.39, 0.29) is 22.6 Å². The molecule has 0 unspecified atom stereocenters. The number of rotatable bonds is 7. The maximum absolute atomic E-state index is 13.1. The third kappa shape index (κ3) is 14.2. The largest absolute Gasteiger partial charge is 0.507 e. The number of hydrogen-bond donors (Lipinski definition) is 5. The second-order valence-corrected chi connectivity index (χ2v) is 13.6. The summed E-state index contributed by atoms with van der Waals surface area (Å²) in [6.07, 6.45) is 3.61. The fraction of sp³-hybridized carbons (Fsp3) is 0.333. The SMILES string of the molecule is CN(C)C1CCN(Cc2ccc(O)c(C(=O)Nc3cc(-c4ccccc4)ccc3C(=O)O)c2)CC1.CS(=O)(=O)O.CS(=O)(=O)O. The molecule has 1 aliphatic heterocycles. The Hall–Kier alpha value is -3.86. The van der Waals surface area contributed by atoms with Crippen LogP contribution in [0.25, 0.3) is 11.1 Å². The topological polar surface area (TPSA) is 202 Å². The van der Waals surface area contributed by atoms with Crippen LogP contribution >= 0.6 is 0 Å². The van der Waals surface area contributed by atoms with E-state index >= 15 is 0 Å². The number of phenolic OH excluding ortho intramolecular Hbond substituents is 1. The van der Waals surface area contributed by atoms with E-state index in [1.807, 2.05) is 36.4 Å². The molecule has 1 amide bonds. The third-order valence-corrected chi connectivity index (χ3v) is 6.60. The molecule has 13 nitrogen and oxygen atoms in total. The molecule has 0 saturated carbocycles. The highest BCUT2D eigenvalue weighted by molar-refractivity contribution is 7.85. The Labute approximate surface area is 263 Å². The standard InChI is InChI=1S/C28H31N3O4.2CH4O3S/c1-30(2)22-12-14-31(15-13-22)18-19-8-11-26(32)24(16-19)27(33)29-25-17-21(9-10-23(25)28(34)35)20-6-4-3-5-7-20;2*1-5(2,3)4/h3-11,16-17,22,32H,12-15,18H2,1-2H3,(H,29,33)(H,34,35);2*1H3,(H,2,3,4). The Morgan fingerprint density at radius 3 is 1.91 bits per heavy atom. The third-order valence-electron chi connectivity index (χ3n) is 6.60. The van der Waals surface area contributed by atoms with Gasteiger partial charge in [-0.05, 0) is 81.0 Å². The first-order valence-corrected chi connectivity index (χ1v) is 17.3. The first-order valence-electron chi connectivity index (χ1n) is 13.6. The molecule has 0 radical (unpaired) electrons. The number of hydrogen-bond acceptors (Lipinski definition) is 9. The summed E-state index contributed by atoms with van der Waals surface area (Å²) in [4.78, 5) is 29.5. The van der Waals surface area contributed by atoms with Crippen LogP contribution in [0, 0.1) is 0 Å². The van der Waals surface area contributed by atoms with Crippen molar-refractivity contribution in [1.82, 2.24) is 9.80 Å². The van der Waals surface area contributed by atoms with E-state index in [4.69, 9.17) is 9.11 Å². The smallest absolute Gasteiger partial charge is 0.337 e. The Balaban J connectivity index is 0.000000613. The van der Waals surface area contributed by atoms with E-state index in [9.17, 15) is 36.6 Å². The highest BCUT2D eigenvalue weighted by Crippen LogP contribution is 2.28. The van der Waals surface area contributed by atoms with E-state index in [0.29, 0.717) is 25.1 Å². The van der Waals surface area contributed by atoms with E-state index in [0.717, 1.165) is 42.6 Å². The lowest BCUT2D eigenvalue weighted by Gasteiger charge is -2.35. The molecule has 0 spiro atoms. The van der Waals surface area contributed by atoms with Gasteiger partial charge in [-0.2, -0.15) is 16.8 Å². The Bertz CT molecular complexity index is 1630. The van der Waals surface area contributed by atoms with Gasteiger partial charge in [0.2, 0.25) is 0 Å². The number of amides is 1. The summed E-state index contributed by atoms with van der Waals surface area (Å²) >= 11 is 0. The van der Waals surface area contributed by atoms with Gasteiger partial charge in [-0.15, -0.1) is 0 Å². The first-order chi connectivity index (χ1) is 20.8. The number of anilines is 1. The molecular weight excluding hydrogens is 626 g/mol. The van der Waals surface area contributed by atoms with Crippen molar-refractivity contribution in [2.45, 2.75) is 25.4 Å². The molecule has 0 aliphatic carbocycles. The molecule has 246 valence electrons. The zero-order valence-electron chi connectivity index (χ0n) is 25.4. The summed E-state index contributed by atoms with van der Waals surface area (Å²) < 4.78 is 51.7. The summed E-state index contributed by atoms with van der Waals surface area (Å²) in [5.74, 6) is -1.84. The lowest BCUT2D eigenvalue weighted by atomic mass is 10.0. The number of nitrogens with one attached hydrogen (secondary N) is 1. The number of aromatic hydroxyl groups is 1. The van der Waals surface area contributed by atoms with Crippen LogP contribution in [0.3, 0.4) is 0 Å². The second kappa shape index (κ2) is 16.5. The highest BCUT2D eigenvalue weighted by atomic mass is 32.2. The minimum absolute atomic E-state index is 0.0163. The van der Waals surface area contributed by atoms with E-state index < -0.39 is 32.1 Å². The molecule has 0 atom stereocenters. The Morgan fingerprint density at radius 2 is 1.40 bits per heavy atom. The van der Waals surface area contributed by atoms with Crippen molar-refractivity contribution in [3.63, 3.8) is 0 Å². The van der Waals surface area contributed by atoms with Crippen LogP contribution in [0.5, 0.6) is 5.75 Å². The van der Waals surface area contributed by atoms with Crippen LogP contribution in [-0.2, 0) is 26.8 Å². The average Bonchev–Trinajstić information content (AvgIpc) is 2.93. The van der Waals surface area contributed by atoms with Crippen molar-refractivity contribution in [2.75, 3.05) is 45.0 Å². The molecule has 1 saturated heterocycles. The Morgan fingerprint density at radius 1 is 0.844 bits per heavy atom. The zero-order valence-corrected chi connectivity index (χ0v) is 27.0. The number of carboxylic acids is 1. The van der Waals surface area contributed by atoms with Gasteiger partial charge in [-0.25, -0.2) is 4.79 Å². The molecule has 0 bridgehead atoms. The number of likely N-dealkylation sites (tertiary alicyclic amines) is 1. The minimum Gasteiger partial charge on any atom is -0.507 e. The highest BCUT2D eigenvalue weighted by Gasteiger charge is 2.22. The van der Waals surface area contributed by atoms with Crippen molar-refractivity contribution in [3.05, 3.63) is 83.4 Å². The first kappa shape index (κ1) is 37.3. The summed E-state index contributed by atoms with van der Waals surface area (Å²) in [6, 6.07) is 20.0. The van der Waals surface area contributed by atoms with Crippen molar-refractivity contribution >= 4 is 37.8 Å². The van der Waals surface area contributed by atoms with Gasteiger partial charge >= 0.3 is 5.97 Å². The lowest BCUT2D eigenvalue weighted by molar-refractivity contribution is 0.0698. The van der Waals surface area contributed by atoms with Gasteiger partial charge in [-0.1, -0.05) is 42.5 Å². The second-order valence-electron chi connectivity index (χ2n) is 10.7. The molecule has 3 aromatic carbocycles. The summed E-state index contributed by atoms with van der Waals surface area (Å²) in [5, 5.41) is 22.7. The van der Waals surface area contributed by atoms with E-state index in [1.54, 1.807) is 18.2 Å². The number of aromatic carboxylic acids is 1. The quantitative estimate of drug-likeness (QED) is 0.230. The lowest BCUT2D eigenvalue weighted by Crippen LogP contribution is -2.41. The van der Waals surface area contributed by atoms with Gasteiger partial charge in [0.25, 0.3) is 26.1 Å². The Kier molecular flexibility index (Phi) is 13.6. The normalized spacial score (nSPS) is 14.0. The number of carbonyl (C=O) groups is 2. The van der Waals surface area contributed by atoms with Gasteiger partial charge in [0.05, 0.1) is 29.3 Å². The number of piperidine rings is 1. The average molecular weight is 666 g/mol. The molecule has 0 aromatic heterocycles. The molecule has 45 heavy (non-hydrogen) atoms. The predicted octanol–water partition coefficient (Wildman–Crippen LogP) is 3.54. The van der Waals surface area contributed by atoms with E-state index in [1.165, 1.54) is 12.1 Å². The molecule has 15 heteroatoms. The number of phenols is 1. The van der Waals surface area contributed by atoms with Crippen molar-refractivity contribution in [2.24, 2.45) is 0 Å². The van der Waals surface area contributed by atoms with Gasteiger partial charge in [-0.3, -0.25) is 18.8 Å². The van der Waals surface area contributed by atoms with Crippen molar-refractivity contribution < 1.29 is 45.7 Å². The summed E-state index contributed by atoms with van der Waals surface area (Å²) in [5.41, 5.74) is 2.89. The molecule has 1 fully saturated rings. The molecule has 1 heterocycles. The van der Waals surface area contributed by atoms with Crippen LogP contribution in [-0.4, -0.2) is 104 Å². The summed E-state index contributed by atoms with van der Waals surface area (Å²) in [7, 11) is -3.12. The van der Waals surface area contributed by atoms with Crippen LogP contribution < -0.4 is 5.32 Å². The van der Waals surface area contributed by atoms with E-state index in [2.05, 4.69) is 29.2 Å². The number of carboxylic acid groups (broad SMARTS) is 1. The molecule has 3 aromatic rings. The zero-order chi connectivity index (χ0) is 33.9. The van der Waals surface area contributed by atoms with Gasteiger partial charge in [0.1, 0.15) is 5.75 Å². The number of carbonyl (C=O) groups excluding carboxylic acids is 1. The minimum atomic E-state index is -3.67. The van der Waals surface area contributed by atoms with Gasteiger partial charge in [0.15, 0.2) is 0 Å². The summed E-state index contributed by atoms with van der Waals surface area (Å²) in [6.45, 7) is 2.63. The number of benzene rings is 3. The van der Waals surface area contributed by atoms with Gasteiger partial charge < -0.3 is 20.4 Å². The molecule has 4 rings (SSSR count). The van der Waals surface area contributed by atoms with Crippen LogP contribution in [0.15, 0.2) is 66.7 Å². The fourth-order valence-electron chi connectivity index (χ4n) is 4.55. The predicted molar refractivity (Wildman–Crippen MR) is 172 cm³/mol. The maximum atomic E-state index is 13.1.